The van der Waals surface area contributed by atoms with Crippen LogP contribution in [0, 0.1) is 0 Å². The van der Waals surface area contributed by atoms with E-state index in [9.17, 15) is 22.8 Å². The zero-order valence-corrected chi connectivity index (χ0v) is 19.1. The number of sulfonamides is 1. The Kier molecular flexibility index (Phi) is 7.61. The normalized spacial score (nSPS) is 15.2. The fraction of sp³-hybridized carbons (Fsp3) is 0.350. The Balaban J connectivity index is 1.72. The fourth-order valence-electron chi connectivity index (χ4n) is 3.19. The molecule has 0 bridgehead atoms. The lowest BCUT2D eigenvalue weighted by Gasteiger charge is -2.30. The number of methoxy groups -OCH3 is 2. The molecule has 3 amide bonds. The van der Waals surface area contributed by atoms with E-state index in [2.05, 4.69) is 10.2 Å². The summed E-state index contributed by atoms with van der Waals surface area (Å²) < 4.78 is 37.0. The number of benzene rings is 1. The van der Waals surface area contributed by atoms with E-state index in [-0.39, 0.29) is 22.1 Å². The summed E-state index contributed by atoms with van der Waals surface area (Å²) in [6.45, 7) is 0.698. The SMILES string of the molecule is COC(=O)N(NC(=O)c1ccc(S(=O)(=O)N2CCC(OC)CC2)cc1)C(=O)c1ccsc1. The second kappa shape index (κ2) is 10.2. The van der Waals surface area contributed by atoms with Gasteiger partial charge in [0.1, 0.15) is 0 Å². The number of piperidine rings is 1. The van der Waals surface area contributed by atoms with Crippen LogP contribution < -0.4 is 5.43 Å². The number of hydrazine groups is 1. The van der Waals surface area contributed by atoms with Crippen molar-refractivity contribution < 1.29 is 32.3 Å². The molecular weight excluding hydrogens is 458 g/mol. The maximum absolute atomic E-state index is 12.9. The molecule has 0 radical (unpaired) electrons. The average Bonchev–Trinajstić information content (AvgIpc) is 3.36. The van der Waals surface area contributed by atoms with Crippen LogP contribution in [0.5, 0.6) is 0 Å². The molecular formula is C20H23N3O7S2. The van der Waals surface area contributed by atoms with Crippen molar-refractivity contribution in [3.63, 3.8) is 0 Å². The van der Waals surface area contributed by atoms with E-state index in [1.807, 2.05) is 0 Å². The van der Waals surface area contributed by atoms with Crippen molar-refractivity contribution in [3.05, 3.63) is 52.2 Å². The lowest BCUT2D eigenvalue weighted by atomic mass is 10.1. The van der Waals surface area contributed by atoms with Crippen molar-refractivity contribution >= 4 is 39.3 Å². The number of amides is 3. The first-order valence-electron chi connectivity index (χ1n) is 9.66. The molecule has 1 fully saturated rings. The van der Waals surface area contributed by atoms with Crippen LogP contribution in [-0.2, 0) is 19.5 Å². The third kappa shape index (κ3) is 5.15. The van der Waals surface area contributed by atoms with E-state index in [0.717, 1.165) is 7.11 Å². The van der Waals surface area contributed by atoms with Crippen LogP contribution in [0.15, 0.2) is 46.0 Å². The predicted octanol–water partition coefficient (Wildman–Crippen LogP) is 2.10. The Morgan fingerprint density at radius 2 is 1.72 bits per heavy atom. The van der Waals surface area contributed by atoms with Gasteiger partial charge in [0.25, 0.3) is 11.8 Å². The highest BCUT2D eigenvalue weighted by molar-refractivity contribution is 7.89. The standard InChI is InChI=1S/C20H23N3O7S2/c1-29-16-7-10-22(11-8-16)32(27,28)17-5-3-14(4-6-17)18(24)21-23(20(26)30-2)19(25)15-9-12-31-13-15/h3-6,9,12-13,16H,7-8,10-11H2,1-2H3,(H,21,24). The van der Waals surface area contributed by atoms with Gasteiger partial charge in [-0.05, 0) is 48.6 Å². The van der Waals surface area contributed by atoms with Gasteiger partial charge in [-0.2, -0.15) is 15.6 Å². The Hall–Kier alpha value is -2.80. The Labute approximate surface area is 189 Å². The van der Waals surface area contributed by atoms with E-state index in [4.69, 9.17) is 4.74 Å². The van der Waals surface area contributed by atoms with Gasteiger partial charge in [0.05, 0.1) is 23.7 Å². The van der Waals surface area contributed by atoms with Crippen molar-refractivity contribution in [2.45, 2.75) is 23.8 Å². The van der Waals surface area contributed by atoms with Crippen molar-refractivity contribution in [2.75, 3.05) is 27.3 Å². The van der Waals surface area contributed by atoms with Gasteiger partial charge in [-0.15, -0.1) is 5.01 Å². The number of hydrogen-bond acceptors (Lipinski definition) is 8. The van der Waals surface area contributed by atoms with Crippen molar-refractivity contribution in [1.82, 2.24) is 14.7 Å². The third-order valence-electron chi connectivity index (χ3n) is 5.03. The van der Waals surface area contributed by atoms with Gasteiger partial charge in [0, 0.05) is 31.1 Å². The number of imide groups is 1. The first-order valence-corrected chi connectivity index (χ1v) is 12.0. The summed E-state index contributed by atoms with van der Waals surface area (Å²) in [5, 5.41) is 3.65. The number of ether oxygens (including phenoxy) is 2. The monoisotopic (exact) mass is 481 g/mol. The number of rotatable bonds is 5. The molecule has 1 saturated heterocycles. The van der Waals surface area contributed by atoms with Gasteiger partial charge in [-0.25, -0.2) is 13.2 Å². The zero-order chi connectivity index (χ0) is 23.3. The molecule has 1 aliphatic heterocycles. The molecule has 10 nitrogen and oxygen atoms in total. The fourth-order valence-corrected chi connectivity index (χ4v) is 5.29. The van der Waals surface area contributed by atoms with Crippen LogP contribution in [0.2, 0.25) is 0 Å². The quantitative estimate of drug-likeness (QED) is 0.649. The molecule has 0 saturated carbocycles. The summed E-state index contributed by atoms with van der Waals surface area (Å²) >= 11 is 1.26. The summed E-state index contributed by atoms with van der Waals surface area (Å²) in [5.41, 5.74) is 2.48. The van der Waals surface area contributed by atoms with E-state index >= 15 is 0 Å². The van der Waals surface area contributed by atoms with Crippen LogP contribution >= 0.6 is 11.3 Å². The predicted molar refractivity (Wildman–Crippen MR) is 116 cm³/mol. The minimum atomic E-state index is -3.71. The number of carbonyl (C=O) groups is 3. The van der Waals surface area contributed by atoms with E-state index in [0.29, 0.717) is 30.9 Å². The summed E-state index contributed by atoms with van der Waals surface area (Å²) in [4.78, 5) is 37.1. The summed E-state index contributed by atoms with van der Waals surface area (Å²) in [5.74, 6) is -1.53. The summed E-state index contributed by atoms with van der Waals surface area (Å²) in [7, 11) is -1.03. The number of carbonyl (C=O) groups excluding carboxylic acids is 3. The average molecular weight is 482 g/mol. The summed E-state index contributed by atoms with van der Waals surface area (Å²) in [6.07, 6.45) is 0.199. The van der Waals surface area contributed by atoms with Crippen LogP contribution in [0.4, 0.5) is 4.79 Å². The lowest BCUT2D eigenvalue weighted by Crippen LogP contribution is -2.49. The number of nitrogens with one attached hydrogen (secondary N) is 1. The molecule has 2 heterocycles. The van der Waals surface area contributed by atoms with Crippen molar-refractivity contribution in [1.29, 1.82) is 0 Å². The molecule has 0 unspecified atom stereocenters. The molecule has 1 aliphatic rings. The number of hydrogen-bond donors (Lipinski definition) is 1. The molecule has 3 rings (SSSR count). The van der Waals surface area contributed by atoms with Gasteiger partial charge in [-0.3, -0.25) is 15.0 Å². The molecule has 0 atom stereocenters. The Morgan fingerprint density at radius 1 is 1.06 bits per heavy atom. The highest BCUT2D eigenvalue weighted by Crippen LogP contribution is 2.22. The van der Waals surface area contributed by atoms with Gasteiger partial charge in [0.15, 0.2) is 0 Å². The van der Waals surface area contributed by atoms with Gasteiger partial charge in [-0.1, -0.05) is 0 Å². The first kappa shape index (κ1) is 23.9. The molecule has 1 aromatic heterocycles. The Morgan fingerprint density at radius 3 is 2.25 bits per heavy atom. The maximum Gasteiger partial charge on any atom is 0.436 e. The molecule has 1 N–H and O–H groups in total. The molecule has 0 spiro atoms. The third-order valence-corrected chi connectivity index (χ3v) is 7.63. The van der Waals surface area contributed by atoms with Gasteiger partial charge in [0.2, 0.25) is 10.0 Å². The number of nitrogens with zero attached hydrogens (tertiary/aromatic N) is 2. The second-order valence-corrected chi connectivity index (χ2v) is 9.65. The van der Waals surface area contributed by atoms with E-state index in [1.165, 1.54) is 51.4 Å². The highest BCUT2D eigenvalue weighted by Gasteiger charge is 2.30. The lowest BCUT2D eigenvalue weighted by molar-refractivity contribution is 0.0540. The molecule has 2 aromatic rings. The minimum absolute atomic E-state index is 0.0436. The highest BCUT2D eigenvalue weighted by atomic mass is 32.2. The van der Waals surface area contributed by atoms with Crippen molar-refractivity contribution in [3.8, 4) is 0 Å². The van der Waals surface area contributed by atoms with Crippen LogP contribution in [0.3, 0.4) is 0 Å². The zero-order valence-electron chi connectivity index (χ0n) is 17.5. The largest absolute Gasteiger partial charge is 0.451 e. The smallest absolute Gasteiger partial charge is 0.436 e. The van der Waals surface area contributed by atoms with Crippen LogP contribution in [-0.4, -0.2) is 69.1 Å². The molecule has 172 valence electrons. The van der Waals surface area contributed by atoms with Crippen LogP contribution in [0.25, 0.3) is 0 Å². The maximum atomic E-state index is 12.9. The first-order chi connectivity index (χ1) is 15.3. The topological polar surface area (TPSA) is 122 Å². The second-order valence-electron chi connectivity index (χ2n) is 6.93. The summed E-state index contributed by atoms with van der Waals surface area (Å²) in [6, 6.07) is 6.76. The van der Waals surface area contributed by atoms with E-state index < -0.39 is 27.9 Å². The molecule has 1 aromatic carbocycles. The number of thiophene rings is 1. The minimum Gasteiger partial charge on any atom is -0.451 e. The van der Waals surface area contributed by atoms with Gasteiger partial charge >= 0.3 is 6.09 Å². The van der Waals surface area contributed by atoms with E-state index in [1.54, 1.807) is 12.5 Å². The van der Waals surface area contributed by atoms with Gasteiger partial charge < -0.3 is 9.47 Å². The van der Waals surface area contributed by atoms with Crippen LogP contribution in [0.1, 0.15) is 33.6 Å². The molecule has 12 heteroatoms. The Bertz CT molecular complexity index is 1060. The van der Waals surface area contributed by atoms with Crippen molar-refractivity contribution in [2.24, 2.45) is 0 Å². The molecule has 32 heavy (non-hydrogen) atoms. The molecule has 0 aliphatic carbocycles.